The highest BCUT2D eigenvalue weighted by Gasteiger charge is 2.26. The van der Waals surface area contributed by atoms with Gasteiger partial charge in [0.1, 0.15) is 11.9 Å². The number of hydrogen-bond donors (Lipinski definition) is 4. The number of amides is 1. The van der Waals surface area contributed by atoms with E-state index in [-0.39, 0.29) is 24.1 Å². The van der Waals surface area contributed by atoms with Gasteiger partial charge in [0.05, 0.1) is 0 Å². The molecule has 0 radical (unpaired) electrons. The molecule has 1 aromatic rings. The third-order valence-electron chi connectivity index (χ3n) is 4.43. The monoisotopic (exact) mass is 337 g/mol. The van der Waals surface area contributed by atoms with Crippen molar-refractivity contribution < 1.29 is 19.1 Å². The van der Waals surface area contributed by atoms with Crippen LogP contribution in [0, 0.1) is 5.82 Å². The van der Waals surface area contributed by atoms with Gasteiger partial charge in [0.2, 0.25) is 0 Å². The van der Waals surface area contributed by atoms with Crippen LogP contribution >= 0.6 is 0 Å². The molecule has 132 valence electrons. The highest BCUT2D eigenvalue weighted by atomic mass is 19.1. The number of piperidine rings is 1. The minimum absolute atomic E-state index is 0.160. The van der Waals surface area contributed by atoms with Crippen LogP contribution in [0.15, 0.2) is 18.2 Å². The molecule has 1 aliphatic heterocycles. The summed E-state index contributed by atoms with van der Waals surface area (Å²) in [5.74, 6) is -2.04. The zero-order chi connectivity index (χ0) is 17.7. The van der Waals surface area contributed by atoms with Crippen molar-refractivity contribution in [3.05, 3.63) is 35.1 Å². The number of carbonyl (C=O) groups is 2. The van der Waals surface area contributed by atoms with E-state index in [1.807, 2.05) is 0 Å². The summed E-state index contributed by atoms with van der Waals surface area (Å²) in [6.45, 7) is 2.82. The number of benzene rings is 1. The summed E-state index contributed by atoms with van der Waals surface area (Å²) in [4.78, 5) is 22.9. The lowest BCUT2D eigenvalue weighted by Crippen LogP contribution is -2.42. The molecule has 1 fully saturated rings. The lowest BCUT2D eigenvalue weighted by molar-refractivity contribution is -0.138. The number of hydrogen-bond acceptors (Lipinski definition) is 4. The lowest BCUT2D eigenvalue weighted by atomic mass is 9.83. The molecule has 1 heterocycles. The molecule has 1 saturated heterocycles. The van der Waals surface area contributed by atoms with Crippen molar-refractivity contribution in [2.45, 2.75) is 44.2 Å². The molecule has 24 heavy (non-hydrogen) atoms. The quantitative estimate of drug-likeness (QED) is 0.625. The predicted octanol–water partition coefficient (Wildman–Crippen LogP) is 1.21. The summed E-state index contributed by atoms with van der Waals surface area (Å²) in [6, 6.07) is 3.39. The van der Waals surface area contributed by atoms with Crippen molar-refractivity contribution in [2.75, 3.05) is 13.1 Å². The fourth-order valence-electron chi connectivity index (χ4n) is 3.13. The summed E-state index contributed by atoms with van der Waals surface area (Å²) < 4.78 is 14.0. The molecule has 2 rings (SSSR count). The van der Waals surface area contributed by atoms with Crippen LogP contribution in [0.25, 0.3) is 0 Å². The molecule has 1 aromatic carbocycles. The molecule has 1 aliphatic rings. The highest BCUT2D eigenvalue weighted by Crippen LogP contribution is 2.30. The Hall–Kier alpha value is -1.99. The molecule has 0 spiro atoms. The molecule has 0 aromatic heterocycles. The Kier molecular flexibility index (Phi) is 6.28. The van der Waals surface area contributed by atoms with Crippen LogP contribution < -0.4 is 16.4 Å². The third kappa shape index (κ3) is 4.52. The maximum absolute atomic E-state index is 14.0. The second kappa shape index (κ2) is 8.21. The van der Waals surface area contributed by atoms with Crippen LogP contribution in [0.5, 0.6) is 0 Å². The number of carboxylic acids is 1. The van der Waals surface area contributed by atoms with E-state index in [0.29, 0.717) is 0 Å². The maximum Gasteiger partial charge on any atom is 0.322 e. The summed E-state index contributed by atoms with van der Waals surface area (Å²) in [5.41, 5.74) is 6.34. The smallest absolute Gasteiger partial charge is 0.322 e. The number of carboxylic acid groups (broad SMARTS) is 1. The molecule has 5 N–H and O–H groups in total. The van der Waals surface area contributed by atoms with Gasteiger partial charge in [-0.2, -0.15) is 0 Å². The lowest BCUT2D eigenvalue weighted by Gasteiger charge is -2.32. The number of rotatable bonds is 6. The van der Waals surface area contributed by atoms with Gasteiger partial charge >= 0.3 is 5.97 Å². The first-order valence-corrected chi connectivity index (χ1v) is 8.22. The van der Waals surface area contributed by atoms with Gasteiger partial charge in [-0.1, -0.05) is 6.92 Å². The molecule has 0 aliphatic carbocycles. The molecular formula is C17H24FN3O3. The zero-order valence-corrected chi connectivity index (χ0v) is 13.7. The molecule has 1 amide bonds. The molecule has 0 saturated carbocycles. The number of aliphatic carboxylic acids is 1. The Bertz CT molecular complexity index is 609. The van der Waals surface area contributed by atoms with Gasteiger partial charge in [0.25, 0.3) is 5.91 Å². The van der Waals surface area contributed by atoms with Gasteiger partial charge in [-0.25, -0.2) is 4.39 Å². The third-order valence-corrected chi connectivity index (χ3v) is 4.43. The average Bonchev–Trinajstić information content (AvgIpc) is 2.58. The SMILES string of the molecule is CCC1NCCCC1c1cc(F)cc(C(=O)NC[C@@H](N)C(=O)O)c1. The van der Waals surface area contributed by atoms with Gasteiger partial charge < -0.3 is 21.5 Å². The van der Waals surface area contributed by atoms with E-state index in [2.05, 4.69) is 17.6 Å². The normalized spacial score (nSPS) is 22.0. The van der Waals surface area contributed by atoms with Gasteiger partial charge in [0.15, 0.2) is 0 Å². The Balaban J connectivity index is 2.15. The van der Waals surface area contributed by atoms with E-state index in [0.717, 1.165) is 37.4 Å². The van der Waals surface area contributed by atoms with Crippen LogP contribution in [0.4, 0.5) is 4.39 Å². The standard InChI is InChI=1S/C17H24FN3O3/c1-2-15-13(4-3-5-20-15)10-6-11(8-12(18)7-10)16(22)21-9-14(19)17(23)24/h6-8,13-15,20H,2-5,9,19H2,1H3,(H,21,22)(H,23,24)/t13?,14-,15?/m1/s1. The number of nitrogens with two attached hydrogens (primary N) is 1. The molecule has 2 unspecified atom stereocenters. The molecule has 3 atom stereocenters. The van der Waals surface area contributed by atoms with Crippen molar-refractivity contribution in [1.82, 2.24) is 10.6 Å². The molecular weight excluding hydrogens is 313 g/mol. The minimum Gasteiger partial charge on any atom is -0.480 e. The highest BCUT2D eigenvalue weighted by molar-refractivity contribution is 5.94. The average molecular weight is 337 g/mol. The van der Waals surface area contributed by atoms with E-state index in [4.69, 9.17) is 10.8 Å². The Labute approximate surface area is 140 Å². The van der Waals surface area contributed by atoms with Crippen LogP contribution in [0.3, 0.4) is 0 Å². The largest absolute Gasteiger partial charge is 0.480 e. The van der Waals surface area contributed by atoms with Crippen molar-refractivity contribution in [3.8, 4) is 0 Å². The molecule has 0 bridgehead atoms. The number of carbonyl (C=O) groups excluding carboxylic acids is 1. The van der Waals surface area contributed by atoms with Crippen molar-refractivity contribution >= 4 is 11.9 Å². The van der Waals surface area contributed by atoms with Crippen molar-refractivity contribution in [3.63, 3.8) is 0 Å². The van der Waals surface area contributed by atoms with Crippen LogP contribution in [0.2, 0.25) is 0 Å². The number of nitrogens with one attached hydrogen (secondary N) is 2. The minimum atomic E-state index is -1.20. The molecule has 6 nitrogen and oxygen atoms in total. The van der Waals surface area contributed by atoms with Crippen LogP contribution in [0.1, 0.15) is 48.0 Å². The fourth-order valence-corrected chi connectivity index (χ4v) is 3.13. The molecule has 7 heteroatoms. The van der Waals surface area contributed by atoms with E-state index in [1.165, 1.54) is 6.07 Å². The summed E-state index contributed by atoms with van der Waals surface area (Å²) >= 11 is 0. The number of halogens is 1. The fraction of sp³-hybridized carbons (Fsp3) is 0.529. The van der Waals surface area contributed by atoms with Gasteiger partial charge in [-0.05, 0) is 55.5 Å². The van der Waals surface area contributed by atoms with E-state index in [1.54, 1.807) is 6.07 Å². The summed E-state index contributed by atoms with van der Waals surface area (Å²) in [5, 5.41) is 14.6. The zero-order valence-electron chi connectivity index (χ0n) is 13.7. The Morgan fingerprint density at radius 2 is 2.21 bits per heavy atom. The first-order chi connectivity index (χ1) is 11.4. The topological polar surface area (TPSA) is 104 Å². The first-order valence-electron chi connectivity index (χ1n) is 8.22. The summed E-state index contributed by atoms with van der Waals surface area (Å²) in [6.07, 6.45) is 2.88. The van der Waals surface area contributed by atoms with Crippen molar-refractivity contribution in [1.29, 1.82) is 0 Å². The Morgan fingerprint density at radius 1 is 1.46 bits per heavy atom. The first kappa shape index (κ1) is 18.4. The van der Waals surface area contributed by atoms with Crippen molar-refractivity contribution in [2.24, 2.45) is 5.73 Å². The van der Waals surface area contributed by atoms with E-state index in [9.17, 15) is 14.0 Å². The van der Waals surface area contributed by atoms with Gasteiger partial charge in [-0.15, -0.1) is 0 Å². The van der Waals surface area contributed by atoms with Gasteiger partial charge in [-0.3, -0.25) is 9.59 Å². The predicted molar refractivity (Wildman–Crippen MR) is 88.4 cm³/mol. The summed E-state index contributed by atoms with van der Waals surface area (Å²) in [7, 11) is 0. The van der Waals surface area contributed by atoms with E-state index >= 15 is 0 Å². The van der Waals surface area contributed by atoms with Gasteiger partial charge in [0, 0.05) is 18.2 Å². The Morgan fingerprint density at radius 3 is 2.88 bits per heavy atom. The van der Waals surface area contributed by atoms with Crippen LogP contribution in [-0.4, -0.2) is 42.2 Å². The second-order valence-corrected chi connectivity index (χ2v) is 6.15. The van der Waals surface area contributed by atoms with E-state index < -0.39 is 23.7 Å². The van der Waals surface area contributed by atoms with Crippen LogP contribution in [-0.2, 0) is 4.79 Å². The second-order valence-electron chi connectivity index (χ2n) is 6.15. The maximum atomic E-state index is 14.0.